The van der Waals surface area contributed by atoms with Crippen LogP contribution in [0.25, 0.3) is 0 Å². The number of carboxylic acid groups (broad SMARTS) is 1. The van der Waals surface area contributed by atoms with E-state index in [1.807, 2.05) is 0 Å². The van der Waals surface area contributed by atoms with Crippen LogP contribution in [0, 0.1) is 0 Å². The van der Waals surface area contributed by atoms with Crippen LogP contribution >= 0.6 is 0 Å². The Kier molecular flexibility index (Phi) is 52.4. The van der Waals surface area contributed by atoms with Gasteiger partial charge >= 0.3 is 5.97 Å². The van der Waals surface area contributed by atoms with Crippen molar-refractivity contribution in [3.8, 4) is 0 Å². The molecule has 6 atom stereocenters. The van der Waals surface area contributed by atoms with Gasteiger partial charge in [0.2, 0.25) is 59.1 Å². The second-order valence-electron chi connectivity index (χ2n) is 23.0. The van der Waals surface area contributed by atoms with Crippen LogP contribution in [0.4, 0.5) is 0 Å². The maximum absolute atomic E-state index is 13.7. The van der Waals surface area contributed by atoms with E-state index in [1.165, 1.54) is 71.1 Å². The normalized spacial score (nSPS) is 13.1. The van der Waals surface area contributed by atoms with E-state index in [0.29, 0.717) is 25.9 Å². The quantitative estimate of drug-likeness (QED) is 0.0295. The summed E-state index contributed by atoms with van der Waals surface area (Å²) in [6.07, 6.45) is 18.7. The van der Waals surface area contributed by atoms with Crippen LogP contribution in [0.3, 0.4) is 0 Å². The summed E-state index contributed by atoms with van der Waals surface area (Å²) < 4.78 is 21.5. The zero-order valence-corrected chi connectivity index (χ0v) is 55.6. The Labute approximate surface area is 552 Å². The average Bonchev–Trinajstić information content (AvgIpc) is 1.68. The van der Waals surface area contributed by atoms with Gasteiger partial charge in [0, 0.05) is 51.7 Å². The Bertz CT molecular complexity index is 2250. The second-order valence-corrected chi connectivity index (χ2v) is 23.0. The number of aliphatic hydroxyl groups is 3. The van der Waals surface area contributed by atoms with Crippen LogP contribution in [-0.4, -0.2) is 245 Å². The maximum Gasteiger partial charge on any atom is 0.303 e. The van der Waals surface area contributed by atoms with Gasteiger partial charge in [-0.2, -0.15) is 0 Å². The zero-order chi connectivity index (χ0) is 70.3. The first kappa shape index (κ1) is 87.2. The van der Waals surface area contributed by atoms with Gasteiger partial charge < -0.3 is 98.3 Å². The van der Waals surface area contributed by atoms with Gasteiger partial charge in [0.25, 0.3) is 0 Å². The topological polar surface area (TPSA) is 491 Å². The van der Waals surface area contributed by atoms with Crippen LogP contribution in [0.15, 0.2) is 0 Å². The molecule has 0 aliphatic carbocycles. The molecule has 0 fully saturated rings. The van der Waals surface area contributed by atoms with Crippen molar-refractivity contribution < 1.29 is 102 Å². The first-order valence-electron chi connectivity index (χ1n) is 32.9. The van der Waals surface area contributed by atoms with Gasteiger partial charge in [-0.3, -0.25) is 62.3 Å². The zero-order valence-electron chi connectivity index (χ0n) is 55.6. The molecule has 94 heavy (non-hydrogen) atoms. The molecule has 0 bridgehead atoms. The van der Waals surface area contributed by atoms with E-state index >= 15 is 0 Å². The predicted molar refractivity (Wildman–Crippen MR) is 342 cm³/mol. The number of hydrogen-bond donors (Lipinski definition) is 14. The number of amides is 10. The van der Waals surface area contributed by atoms with Gasteiger partial charge in [0.05, 0.1) is 59.4 Å². The van der Waals surface area contributed by atoms with E-state index in [1.54, 1.807) is 19.0 Å². The fraction of sp³-hybridized carbons (Fsp3) is 0.790. The lowest BCUT2D eigenvalue weighted by molar-refractivity contribution is -0.137. The molecule has 0 aromatic carbocycles. The summed E-state index contributed by atoms with van der Waals surface area (Å²) in [5, 5.41) is 57.1. The second kappa shape index (κ2) is 56.5. The molecule has 0 aromatic heterocycles. The molecule has 10 amide bonds. The number of nitrogens with zero attached hydrogens (tertiary/aromatic N) is 1. The lowest BCUT2D eigenvalue weighted by atomic mass is 10.0. The molecule has 0 aliphatic heterocycles. The van der Waals surface area contributed by atoms with E-state index in [-0.39, 0.29) is 90.1 Å². The third-order valence-electron chi connectivity index (χ3n) is 14.6. The SMILES string of the molecule is CCC(=O)[C@H](CO)NC(=O)[C@H](CCC(N)=O)NC(=O)[C@H](CCN(C)C)NC(=O)[C@H](CO)NC(=O)[C@H](CCC(N)=O)NC(=O)[C@@H](CO)NC(=O)CNC(=O)COCCOCCNC(=O)COCCOCCCC(=O)CCCCCCCCCCCCCCCCCCC(=O)O. The van der Waals surface area contributed by atoms with Crippen LogP contribution in [0.2, 0.25) is 0 Å². The number of carboxylic acids is 1. The van der Waals surface area contributed by atoms with Crippen LogP contribution in [0.5, 0.6) is 0 Å². The van der Waals surface area contributed by atoms with E-state index in [4.69, 9.17) is 35.5 Å². The number of carbonyl (C=O) groups is 13. The lowest BCUT2D eigenvalue weighted by Gasteiger charge is -2.27. The molecule has 0 aromatic rings. The third-order valence-corrected chi connectivity index (χ3v) is 14.6. The Morgan fingerprint density at radius 3 is 1.18 bits per heavy atom. The van der Waals surface area contributed by atoms with E-state index in [0.717, 1.165) is 38.5 Å². The summed E-state index contributed by atoms with van der Waals surface area (Å²) in [6.45, 7) is -1.36. The molecule has 0 aliphatic rings. The number of aliphatic hydroxyl groups excluding tert-OH is 3. The number of ether oxygens (including phenoxy) is 4. The molecule has 0 saturated heterocycles. The van der Waals surface area contributed by atoms with Crippen molar-refractivity contribution in [1.82, 2.24) is 47.4 Å². The Morgan fingerprint density at radius 2 is 0.755 bits per heavy atom. The number of ketones is 2. The highest BCUT2D eigenvalue weighted by molar-refractivity contribution is 5.98. The standard InChI is InChI=1S/C62H111N11O21/c1-4-51(78)48(39-74)71-58(86)45(25-27-52(63)79)68-60(88)47(29-31-73(2)3)70-62(90)50(41-76)72-59(87)46(26-28-53(64)80)69-61(89)49(40-75)67-54(81)38-66-56(83)43-94-37-35-92-33-30-65-55(82)42-93-36-34-91-32-21-23-44(77)22-19-17-15-13-11-9-7-5-6-8-10-12-14-16-18-20-24-57(84)85/h45-50,74-76H,4-43H2,1-3H3,(H2,63,79)(H2,64,80)(H,65,82)(H,66,83)(H,67,81)(H,68,88)(H,69,89)(H,70,90)(H,71,86)(H,72,87)(H,84,85)/t45-,46-,47-,48-,49+,50-/m0/s1. The molecular weight excluding hydrogens is 1230 g/mol. The Balaban J connectivity index is 4.60. The van der Waals surface area contributed by atoms with Crippen molar-refractivity contribution in [1.29, 1.82) is 0 Å². The van der Waals surface area contributed by atoms with Crippen molar-refractivity contribution in [2.45, 2.75) is 210 Å². The molecule has 32 heteroatoms. The summed E-state index contributed by atoms with van der Waals surface area (Å²) in [5.74, 6) is -10.2. The minimum atomic E-state index is -1.81. The van der Waals surface area contributed by atoms with Gasteiger partial charge in [-0.25, -0.2) is 0 Å². The van der Waals surface area contributed by atoms with Crippen LogP contribution in [-0.2, 0) is 81.3 Å². The van der Waals surface area contributed by atoms with Gasteiger partial charge in [0.1, 0.15) is 55.2 Å². The Hall–Kier alpha value is -6.81. The highest BCUT2D eigenvalue weighted by Crippen LogP contribution is 2.15. The third kappa shape index (κ3) is 48.0. The van der Waals surface area contributed by atoms with Crippen molar-refractivity contribution in [2.75, 3.05) is 106 Å². The molecule has 540 valence electrons. The smallest absolute Gasteiger partial charge is 0.303 e. The van der Waals surface area contributed by atoms with Crippen LogP contribution < -0.4 is 54.0 Å². The molecule has 32 nitrogen and oxygen atoms in total. The first-order chi connectivity index (χ1) is 45.0. The monoisotopic (exact) mass is 1350 g/mol. The first-order valence-corrected chi connectivity index (χ1v) is 32.9. The summed E-state index contributed by atoms with van der Waals surface area (Å²) in [4.78, 5) is 164. The number of nitrogens with two attached hydrogens (primary N) is 2. The van der Waals surface area contributed by atoms with Gasteiger partial charge in [-0.1, -0.05) is 96.8 Å². The fourth-order valence-electron chi connectivity index (χ4n) is 9.12. The number of rotatable bonds is 63. The predicted octanol–water partition coefficient (Wildman–Crippen LogP) is -1.91. The average molecular weight is 1350 g/mol. The highest BCUT2D eigenvalue weighted by atomic mass is 16.5. The Morgan fingerprint density at radius 1 is 0.394 bits per heavy atom. The number of hydrogen-bond acceptors (Lipinski definition) is 21. The largest absolute Gasteiger partial charge is 0.481 e. The van der Waals surface area contributed by atoms with Crippen LogP contribution in [0.1, 0.15) is 174 Å². The van der Waals surface area contributed by atoms with Gasteiger partial charge in [-0.05, 0) is 59.2 Å². The number of Topliss-reactive ketones (excluding diaryl/α,β-unsaturated/α-hetero) is 2. The van der Waals surface area contributed by atoms with E-state index in [2.05, 4.69) is 42.5 Å². The molecular formula is C62H111N11O21. The van der Waals surface area contributed by atoms with Gasteiger partial charge in [0.15, 0.2) is 5.78 Å². The van der Waals surface area contributed by atoms with Crippen molar-refractivity contribution in [3.05, 3.63) is 0 Å². The van der Waals surface area contributed by atoms with E-state index < -0.39 is 153 Å². The molecule has 0 unspecified atom stereocenters. The molecule has 0 rings (SSSR count). The molecule has 16 N–H and O–H groups in total. The number of primary amides is 2. The number of aliphatic carboxylic acids is 1. The number of nitrogens with one attached hydrogen (secondary N) is 8. The molecule has 0 saturated carbocycles. The molecule has 0 spiro atoms. The van der Waals surface area contributed by atoms with E-state index in [9.17, 15) is 77.6 Å². The van der Waals surface area contributed by atoms with Gasteiger partial charge in [-0.15, -0.1) is 0 Å². The summed E-state index contributed by atoms with van der Waals surface area (Å²) in [6, 6.07) is -9.49. The highest BCUT2D eigenvalue weighted by Gasteiger charge is 2.34. The number of carbonyl (C=O) groups excluding carboxylic acids is 12. The van der Waals surface area contributed by atoms with Crippen molar-refractivity contribution in [2.24, 2.45) is 11.5 Å². The lowest BCUT2D eigenvalue weighted by Crippen LogP contribution is -2.61. The summed E-state index contributed by atoms with van der Waals surface area (Å²) >= 11 is 0. The minimum absolute atomic E-state index is 0.0345. The molecule has 0 radical (unpaired) electrons. The fourth-order valence-corrected chi connectivity index (χ4v) is 9.12. The summed E-state index contributed by atoms with van der Waals surface area (Å²) in [7, 11) is 3.30. The minimum Gasteiger partial charge on any atom is -0.481 e. The van der Waals surface area contributed by atoms with Crippen molar-refractivity contribution >= 4 is 76.6 Å². The number of unbranched alkanes of at least 4 members (excludes halogenated alkanes) is 15. The molecule has 0 heterocycles. The maximum atomic E-state index is 13.7. The van der Waals surface area contributed by atoms with Crippen molar-refractivity contribution in [3.63, 3.8) is 0 Å². The summed E-state index contributed by atoms with van der Waals surface area (Å²) in [5.41, 5.74) is 10.6.